The summed E-state index contributed by atoms with van der Waals surface area (Å²) in [5.41, 5.74) is -2.04. The number of benzene rings is 5. The summed E-state index contributed by atoms with van der Waals surface area (Å²) in [6, 6.07) is 37.6. The van der Waals surface area contributed by atoms with E-state index in [0.717, 1.165) is 0 Å². The molecule has 0 saturated carbocycles. The largest absolute Gasteiger partial charge is 0.501 e. The topological polar surface area (TPSA) is 47.6 Å². The Hall–Kier alpha value is -4.66. The van der Waals surface area contributed by atoms with Crippen molar-refractivity contribution in [3.8, 4) is 0 Å². The van der Waals surface area contributed by atoms with E-state index in [1.807, 2.05) is 121 Å². The lowest BCUT2D eigenvalue weighted by molar-refractivity contribution is 0.00370. The molecule has 1 amide bonds. The molecule has 1 aliphatic rings. The van der Waals surface area contributed by atoms with E-state index in [9.17, 15) is 9.18 Å². The SMILES string of the molecule is CNC(=O)c1c(F)cc(F)c(B2OC(c3ccccc3)(c3ccccc3)C(c3ccccc3)(c3ccccc3)O2)c1F. The number of halogens is 3. The highest BCUT2D eigenvalue weighted by molar-refractivity contribution is 6.62. The molecule has 0 atom stereocenters. The lowest BCUT2D eigenvalue weighted by Crippen LogP contribution is -2.48. The zero-order valence-corrected chi connectivity index (χ0v) is 22.6. The predicted octanol–water partition coefficient (Wildman–Crippen LogP) is 6.09. The molecule has 0 unspecified atom stereocenters. The highest BCUT2D eigenvalue weighted by atomic mass is 19.1. The van der Waals surface area contributed by atoms with Crippen molar-refractivity contribution in [3.05, 3.63) is 173 Å². The van der Waals surface area contributed by atoms with Crippen LogP contribution in [0.2, 0.25) is 0 Å². The van der Waals surface area contributed by atoms with Gasteiger partial charge < -0.3 is 14.6 Å². The van der Waals surface area contributed by atoms with E-state index in [2.05, 4.69) is 5.32 Å². The van der Waals surface area contributed by atoms with Crippen LogP contribution in [-0.2, 0) is 20.5 Å². The van der Waals surface area contributed by atoms with E-state index in [-0.39, 0.29) is 0 Å². The van der Waals surface area contributed by atoms with Crippen molar-refractivity contribution in [1.29, 1.82) is 0 Å². The van der Waals surface area contributed by atoms with Gasteiger partial charge in [-0.15, -0.1) is 0 Å². The van der Waals surface area contributed by atoms with Crippen LogP contribution in [-0.4, -0.2) is 20.1 Å². The van der Waals surface area contributed by atoms with Gasteiger partial charge in [0.25, 0.3) is 5.91 Å². The maximum absolute atomic E-state index is 16.1. The Morgan fingerprint density at radius 2 is 0.976 bits per heavy atom. The highest BCUT2D eigenvalue weighted by Crippen LogP contribution is 2.58. The van der Waals surface area contributed by atoms with Gasteiger partial charge in [0.2, 0.25) is 0 Å². The fraction of sp³-hybridized carbons (Fsp3) is 0.0882. The Labute approximate surface area is 241 Å². The number of hydrogen-bond donors (Lipinski definition) is 1. The molecule has 1 aliphatic heterocycles. The molecule has 1 fully saturated rings. The molecule has 42 heavy (non-hydrogen) atoms. The molecule has 0 aromatic heterocycles. The molecule has 1 N–H and O–H groups in total. The minimum atomic E-state index is -1.70. The number of rotatable bonds is 6. The van der Waals surface area contributed by atoms with Crippen molar-refractivity contribution >= 4 is 18.5 Å². The first kappa shape index (κ1) is 27.5. The van der Waals surface area contributed by atoms with Crippen molar-refractivity contribution < 1.29 is 27.3 Å². The lowest BCUT2D eigenvalue weighted by atomic mass is 9.66. The summed E-state index contributed by atoms with van der Waals surface area (Å²) >= 11 is 0. The minimum Gasteiger partial charge on any atom is -0.390 e. The summed E-state index contributed by atoms with van der Waals surface area (Å²) in [5, 5.41) is 2.21. The van der Waals surface area contributed by atoms with Gasteiger partial charge in [-0.1, -0.05) is 121 Å². The standard InChI is InChI=1S/C34H25BF3NO3/c1-39-32(40)29-27(36)22-28(37)30(31(29)38)35-41-33(23-14-6-2-7-15-23,24-16-8-3-9-17-24)34(42-35,25-18-10-4-11-19-25)26-20-12-5-13-21-26/h2-22H,1H3,(H,39,40). The average molecular weight is 563 g/mol. The van der Waals surface area contributed by atoms with E-state index in [0.29, 0.717) is 28.3 Å². The van der Waals surface area contributed by atoms with Gasteiger partial charge in [-0.05, 0) is 22.3 Å². The number of amides is 1. The minimum absolute atomic E-state index is 0.480. The Kier molecular flexibility index (Phi) is 7.18. The van der Waals surface area contributed by atoms with E-state index < -0.39 is 52.7 Å². The predicted molar refractivity (Wildman–Crippen MR) is 155 cm³/mol. The molecule has 5 aromatic rings. The van der Waals surface area contributed by atoms with E-state index in [1.165, 1.54) is 7.05 Å². The first-order chi connectivity index (χ1) is 20.4. The van der Waals surface area contributed by atoms with Crippen LogP contribution in [0.25, 0.3) is 0 Å². The highest BCUT2D eigenvalue weighted by Gasteiger charge is 2.66. The Bertz CT molecular complexity index is 1550. The summed E-state index contributed by atoms with van der Waals surface area (Å²) in [4.78, 5) is 12.5. The first-order valence-electron chi connectivity index (χ1n) is 13.4. The van der Waals surface area contributed by atoms with Gasteiger partial charge in [0.1, 0.15) is 34.2 Å². The average Bonchev–Trinajstić information content (AvgIpc) is 3.40. The number of carbonyl (C=O) groups is 1. The summed E-state index contributed by atoms with van der Waals surface area (Å²) in [7, 11) is -0.465. The molecule has 1 heterocycles. The molecule has 5 aromatic carbocycles. The molecule has 0 bridgehead atoms. The fourth-order valence-electron chi connectivity index (χ4n) is 5.89. The molecule has 0 radical (unpaired) electrons. The van der Waals surface area contributed by atoms with Crippen molar-refractivity contribution in [2.45, 2.75) is 11.2 Å². The van der Waals surface area contributed by atoms with Gasteiger partial charge in [-0.2, -0.15) is 0 Å². The van der Waals surface area contributed by atoms with Crippen LogP contribution in [0.3, 0.4) is 0 Å². The van der Waals surface area contributed by atoms with Gasteiger partial charge in [0.05, 0.1) is 5.46 Å². The Morgan fingerprint density at radius 1 is 0.619 bits per heavy atom. The zero-order valence-electron chi connectivity index (χ0n) is 22.6. The summed E-state index contributed by atoms with van der Waals surface area (Å²) in [5.74, 6) is -5.02. The summed E-state index contributed by atoms with van der Waals surface area (Å²) in [6.45, 7) is 0. The molecular formula is C34H25BF3NO3. The van der Waals surface area contributed by atoms with E-state index in [1.54, 1.807) is 0 Å². The molecule has 8 heteroatoms. The first-order valence-corrected chi connectivity index (χ1v) is 13.4. The third-order valence-corrected chi connectivity index (χ3v) is 7.68. The van der Waals surface area contributed by atoms with Gasteiger partial charge in [-0.25, -0.2) is 13.2 Å². The monoisotopic (exact) mass is 563 g/mol. The van der Waals surface area contributed by atoms with Crippen LogP contribution in [0.5, 0.6) is 0 Å². The third-order valence-electron chi connectivity index (χ3n) is 7.68. The Morgan fingerprint density at radius 3 is 1.31 bits per heavy atom. The molecule has 0 spiro atoms. The van der Waals surface area contributed by atoms with Gasteiger partial charge >= 0.3 is 7.12 Å². The molecule has 4 nitrogen and oxygen atoms in total. The molecule has 1 saturated heterocycles. The second kappa shape index (κ2) is 11.0. The molecule has 0 aliphatic carbocycles. The maximum atomic E-state index is 16.1. The van der Waals surface area contributed by atoms with Crippen molar-refractivity contribution in [1.82, 2.24) is 5.32 Å². The van der Waals surface area contributed by atoms with Crippen LogP contribution in [0.15, 0.2) is 127 Å². The zero-order chi connectivity index (χ0) is 29.3. The summed E-state index contributed by atoms with van der Waals surface area (Å²) < 4.78 is 60.2. The van der Waals surface area contributed by atoms with Crippen molar-refractivity contribution in [2.24, 2.45) is 0 Å². The quantitative estimate of drug-likeness (QED) is 0.255. The summed E-state index contributed by atoms with van der Waals surface area (Å²) in [6.07, 6.45) is 0. The van der Waals surface area contributed by atoms with Crippen LogP contribution >= 0.6 is 0 Å². The second-order valence-corrected chi connectivity index (χ2v) is 9.92. The van der Waals surface area contributed by atoms with Gasteiger partial charge in [0.15, 0.2) is 0 Å². The van der Waals surface area contributed by atoms with Crippen LogP contribution < -0.4 is 10.8 Å². The van der Waals surface area contributed by atoms with Gasteiger partial charge in [0, 0.05) is 13.1 Å². The number of hydrogen-bond acceptors (Lipinski definition) is 3. The maximum Gasteiger partial charge on any atom is 0.501 e. The third kappa shape index (κ3) is 4.14. The van der Waals surface area contributed by atoms with Crippen molar-refractivity contribution in [2.75, 3.05) is 7.05 Å². The van der Waals surface area contributed by atoms with Gasteiger partial charge in [-0.3, -0.25) is 4.79 Å². The number of nitrogens with one attached hydrogen (secondary N) is 1. The fourth-order valence-corrected chi connectivity index (χ4v) is 5.89. The lowest BCUT2D eigenvalue weighted by Gasteiger charge is -2.46. The second-order valence-electron chi connectivity index (χ2n) is 9.92. The van der Waals surface area contributed by atoms with E-state index in [4.69, 9.17) is 9.31 Å². The van der Waals surface area contributed by atoms with Crippen LogP contribution in [0.4, 0.5) is 13.2 Å². The molecular weight excluding hydrogens is 538 g/mol. The number of carbonyl (C=O) groups excluding carboxylic acids is 1. The molecule has 208 valence electrons. The molecule has 6 rings (SSSR count). The normalized spacial score (nSPS) is 15.4. The Balaban J connectivity index is 1.74. The smallest absolute Gasteiger partial charge is 0.390 e. The van der Waals surface area contributed by atoms with Crippen LogP contribution in [0, 0.1) is 17.5 Å². The van der Waals surface area contributed by atoms with E-state index >= 15 is 8.78 Å². The van der Waals surface area contributed by atoms with Crippen molar-refractivity contribution in [3.63, 3.8) is 0 Å². The van der Waals surface area contributed by atoms with Crippen LogP contribution in [0.1, 0.15) is 32.6 Å².